The quantitative estimate of drug-likeness (QED) is 0.619. The van der Waals surface area contributed by atoms with E-state index in [4.69, 9.17) is 10.5 Å². The van der Waals surface area contributed by atoms with E-state index in [9.17, 15) is 4.79 Å². The molecular formula is C7H8N2O2. The molecule has 1 aliphatic heterocycles. The molecule has 1 heterocycles. The summed E-state index contributed by atoms with van der Waals surface area (Å²) in [6.07, 6.45) is 6.19. The van der Waals surface area contributed by atoms with Crippen LogP contribution in [0.3, 0.4) is 0 Å². The second kappa shape index (κ2) is 3.55. The smallest absolute Gasteiger partial charge is 0.225 e. The van der Waals surface area contributed by atoms with Crippen molar-refractivity contribution in [2.45, 2.75) is 6.42 Å². The molecule has 0 aromatic rings. The van der Waals surface area contributed by atoms with Crippen molar-refractivity contribution in [1.29, 1.82) is 0 Å². The number of carbonyl (C=O) groups is 1. The summed E-state index contributed by atoms with van der Waals surface area (Å²) in [4.78, 5) is 14.2. The lowest BCUT2D eigenvalue weighted by Gasteiger charge is -1.99. The Kier molecular flexibility index (Phi) is 2.43. The number of allylic oxidation sites excluding steroid dienone is 1. The Morgan fingerprint density at radius 2 is 2.55 bits per heavy atom. The lowest BCUT2D eigenvalue weighted by molar-refractivity contribution is -0.117. The molecule has 0 aromatic heterocycles. The van der Waals surface area contributed by atoms with E-state index in [1.807, 2.05) is 0 Å². The van der Waals surface area contributed by atoms with Gasteiger partial charge >= 0.3 is 0 Å². The minimum absolute atomic E-state index is 0.0850. The van der Waals surface area contributed by atoms with Crippen molar-refractivity contribution in [3.05, 3.63) is 24.3 Å². The van der Waals surface area contributed by atoms with Crippen LogP contribution in [0.1, 0.15) is 6.42 Å². The van der Waals surface area contributed by atoms with Crippen molar-refractivity contribution in [3.8, 4) is 0 Å². The number of aliphatic imine (C=N–C) groups is 1. The molecule has 0 aliphatic carbocycles. The van der Waals surface area contributed by atoms with Gasteiger partial charge in [0.25, 0.3) is 0 Å². The molecule has 1 aliphatic rings. The average Bonchev–Trinajstić information content (AvgIpc) is 2.14. The maximum absolute atomic E-state index is 10.4. The molecule has 0 spiro atoms. The molecule has 0 bridgehead atoms. The fraction of sp³-hybridized carbons (Fsp3) is 0.143. The third kappa shape index (κ3) is 2.66. The minimum atomic E-state index is -0.429. The molecule has 0 unspecified atom stereocenters. The summed E-state index contributed by atoms with van der Waals surface area (Å²) in [6, 6.07) is 0. The van der Waals surface area contributed by atoms with Crippen molar-refractivity contribution < 1.29 is 9.53 Å². The van der Waals surface area contributed by atoms with Gasteiger partial charge in [0, 0.05) is 6.21 Å². The lowest BCUT2D eigenvalue weighted by Crippen LogP contribution is -2.11. The highest BCUT2D eigenvalue weighted by Gasteiger charge is 2.01. The van der Waals surface area contributed by atoms with Gasteiger partial charge in [-0.25, -0.2) is 0 Å². The van der Waals surface area contributed by atoms with Crippen LogP contribution >= 0.6 is 0 Å². The van der Waals surface area contributed by atoms with E-state index in [1.165, 1.54) is 12.5 Å². The van der Waals surface area contributed by atoms with Crippen LogP contribution in [0.2, 0.25) is 0 Å². The van der Waals surface area contributed by atoms with Crippen molar-refractivity contribution in [2.75, 3.05) is 0 Å². The predicted molar refractivity (Wildman–Crippen MR) is 40.6 cm³/mol. The van der Waals surface area contributed by atoms with Crippen molar-refractivity contribution in [1.82, 2.24) is 0 Å². The molecule has 0 radical (unpaired) electrons. The first kappa shape index (κ1) is 7.53. The van der Waals surface area contributed by atoms with Crippen LogP contribution < -0.4 is 5.73 Å². The fourth-order valence-electron chi connectivity index (χ4n) is 0.627. The number of primary amides is 1. The number of hydrogen-bond acceptors (Lipinski definition) is 3. The summed E-state index contributed by atoms with van der Waals surface area (Å²) in [5.74, 6) is 0.0317. The summed E-state index contributed by atoms with van der Waals surface area (Å²) in [6.45, 7) is 0. The van der Waals surface area contributed by atoms with Crippen molar-refractivity contribution in [2.24, 2.45) is 10.7 Å². The number of nitrogens with zero attached hydrogens (tertiary/aromatic N) is 1. The van der Waals surface area contributed by atoms with E-state index < -0.39 is 5.91 Å². The molecule has 2 N–H and O–H groups in total. The van der Waals surface area contributed by atoms with Crippen LogP contribution in [0.15, 0.2) is 29.3 Å². The number of carbonyl (C=O) groups excluding carboxylic acids is 1. The summed E-state index contributed by atoms with van der Waals surface area (Å²) in [5.41, 5.74) is 4.94. The van der Waals surface area contributed by atoms with Crippen molar-refractivity contribution in [3.63, 3.8) is 0 Å². The molecule has 0 saturated carbocycles. The maximum atomic E-state index is 10.4. The van der Waals surface area contributed by atoms with E-state index in [0.29, 0.717) is 5.76 Å². The SMILES string of the molecule is NC(=O)CC1=CN=CC=CO1. The zero-order valence-corrected chi connectivity index (χ0v) is 5.86. The van der Waals surface area contributed by atoms with Gasteiger partial charge in [-0.05, 0) is 6.08 Å². The third-order valence-corrected chi connectivity index (χ3v) is 1.04. The Labute approximate surface area is 64.1 Å². The highest BCUT2D eigenvalue weighted by atomic mass is 16.5. The first-order chi connectivity index (χ1) is 5.29. The molecule has 0 saturated heterocycles. The maximum Gasteiger partial charge on any atom is 0.225 e. The Hall–Kier alpha value is -1.58. The van der Waals surface area contributed by atoms with Crippen LogP contribution in [0.5, 0.6) is 0 Å². The second-order valence-electron chi connectivity index (χ2n) is 1.98. The van der Waals surface area contributed by atoms with Gasteiger partial charge in [-0.3, -0.25) is 9.79 Å². The van der Waals surface area contributed by atoms with Gasteiger partial charge < -0.3 is 10.5 Å². The highest BCUT2D eigenvalue weighted by molar-refractivity contribution is 5.76. The summed E-state index contributed by atoms with van der Waals surface area (Å²) >= 11 is 0. The van der Waals surface area contributed by atoms with E-state index in [0.717, 1.165) is 0 Å². The first-order valence-corrected chi connectivity index (χ1v) is 3.11. The number of amides is 1. The number of nitrogens with two attached hydrogens (primary N) is 1. The van der Waals surface area contributed by atoms with Crippen LogP contribution in [-0.4, -0.2) is 12.1 Å². The van der Waals surface area contributed by atoms with Gasteiger partial charge in [0.15, 0.2) is 0 Å². The van der Waals surface area contributed by atoms with Gasteiger partial charge in [-0.1, -0.05) is 0 Å². The van der Waals surface area contributed by atoms with Gasteiger partial charge in [0.2, 0.25) is 5.91 Å². The van der Waals surface area contributed by atoms with Crippen molar-refractivity contribution >= 4 is 12.1 Å². The monoisotopic (exact) mass is 152 g/mol. The summed E-state index contributed by atoms with van der Waals surface area (Å²) in [7, 11) is 0. The number of rotatable bonds is 2. The Bertz CT molecular complexity index is 241. The topological polar surface area (TPSA) is 64.7 Å². The van der Waals surface area contributed by atoms with Gasteiger partial charge in [0.05, 0.1) is 18.9 Å². The Morgan fingerprint density at radius 3 is 3.27 bits per heavy atom. The van der Waals surface area contributed by atoms with Crippen LogP contribution in [0.25, 0.3) is 0 Å². The second-order valence-corrected chi connectivity index (χ2v) is 1.98. The van der Waals surface area contributed by atoms with E-state index in [-0.39, 0.29) is 6.42 Å². The molecule has 0 aromatic carbocycles. The number of hydrogen-bond donors (Lipinski definition) is 1. The van der Waals surface area contributed by atoms with Crippen LogP contribution in [0, 0.1) is 0 Å². The van der Waals surface area contributed by atoms with E-state index in [1.54, 1.807) is 12.3 Å². The van der Waals surface area contributed by atoms with Gasteiger partial charge in [-0.15, -0.1) is 0 Å². The Balaban J connectivity index is 2.57. The molecular weight excluding hydrogens is 144 g/mol. The van der Waals surface area contributed by atoms with E-state index >= 15 is 0 Å². The average molecular weight is 152 g/mol. The summed E-state index contributed by atoms with van der Waals surface area (Å²) in [5, 5.41) is 0. The van der Waals surface area contributed by atoms with Crippen LogP contribution in [0.4, 0.5) is 0 Å². The normalized spacial score (nSPS) is 15.1. The summed E-state index contributed by atoms with van der Waals surface area (Å²) < 4.78 is 4.97. The highest BCUT2D eigenvalue weighted by Crippen LogP contribution is 2.05. The molecule has 4 heteroatoms. The Morgan fingerprint density at radius 1 is 1.73 bits per heavy atom. The van der Waals surface area contributed by atoms with Gasteiger partial charge in [-0.2, -0.15) is 0 Å². The zero-order chi connectivity index (χ0) is 8.10. The zero-order valence-electron chi connectivity index (χ0n) is 5.86. The van der Waals surface area contributed by atoms with Gasteiger partial charge in [0.1, 0.15) is 5.76 Å². The lowest BCUT2D eigenvalue weighted by atomic mass is 10.3. The minimum Gasteiger partial charge on any atom is -0.467 e. The standard InChI is InChI=1S/C7H8N2O2/c8-7(10)4-6-5-9-2-1-3-11-6/h1-3,5H,4H2,(H2,8,10). The molecule has 11 heavy (non-hydrogen) atoms. The largest absolute Gasteiger partial charge is 0.467 e. The fourth-order valence-corrected chi connectivity index (χ4v) is 0.627. The number of ether oxygens (including phenoxy) is 1. The van der Waals surface area contributed by atoms with Crippen LogP contribution in [-0.2, 0) is 9.53 Å². The van der Waals surface area contributed by atoms with E-state index in [2.05, 4.69) is 4.99 Å². The first-order valence-electron chi connectivity index (χ1n) is 3.11. The molecule has 0 atom stereocenters. The molecule has 4 nitrogen and oxygen atoms in total. The molecule has 0 fully saturated rings. The molecule has 1 rings (SSSR count). The molecule has 1 amide bonds. The predicted octanol–water partition coefficient (Wildman–Crippen LogP) is 0.318. The third-order valence-electron chi connectivity index (χ3n) is 1.04. The molecule has 58 valence electrons.